The highest BCUT2D eigenvalue weighted by Crippen LogP contribution is 2.66. The van der Waals surface area contributed by atoms with Gasteiger partial charge in [-0.05, 0) is 73.0 Å². The van der Waals surface area contributed by atoms with Gasteiger partial charge in [-0.2, -0.15) is 0 Å². The lowest BCUT2D eigenvalue weighted by molar-refractivity contribution is -0.142. The average Bonchev–Trinajstić information content (AvgIpc) is 2.72. The van der Waals surface area contributed by atoms with Crippen LogP contribution in [-0.4, -0.2) is 23.2 Å². The van der Waals surface area contributed by atoms with E-state index >= 15 is 0 Å². The van der Waals surface area contributed by atoms with Gasteiger partial charge >= 0.3 is 0 Å². The zero-order valence-electron chi connectivity index (χ0n) is 13.9. The molecule has 0 amide bonds. The Kier molecular flexibility index (Phi) is 3.28. The van der Waals surface area contributed by atoms with E-state index in [0.29, 0.717) is 35.9 Å². The number of fused-ring (bicyclic) bond motifs is 5. The van der Waals surface area contributed by atoms with Crippen LogP contribution in [0.15, 0.2) is 0 Å². The van der Waals surface area contributed by atoms with Crippen LogP contribution in [0.25, 0.3) is 0 Å². The molecule has 4 aliphatic rings. The summed E-state index contributed by atoms with van der Waals surface area (Å²) in [5.74, 6) is 2.53. The van der Waals surface area contributed by atoms with Crippen LogP contribution in [0.2, 0.25) is 0 Å². The molecule has 22 heavy (non-hydrogen) atoms. The number of carbonyl (C=O) groups excluding carboxylic acids is 1. The number of aliphatic hydroxyl groups excluding tert-OH is 1. The van der Waals surface area contributed by atoms with Gasteiger partial charge in [0, 0.05) is 12.8 Å². The van der Waals surface area contributed by atoms with Gasteiger partial charge in [0.25, 0.3) is 0 Å². The normalized spacial score (nSPS) is 57.9. The number of halogens is 1. The molecule has 0 aromatic heterocycles. The Morgan fingerprint density at radius 2 is 1.86 bits per heavy atom. The summed E-state index contributed by atoms with van der Waals surface area (Å²) in [6, 6.07) is 0. The molecule has 0 aliphatic heterocycles. The molecule has 2 unspecified atom stereocenters. The Balaban J connectivity index is 1.64. The molecule has 124 valence electrons. The summed E-state index contributed by atoms with van der Waals surface area (Å²) < 4.78 is 14.2. The summed E-state index contributed by atoms with van der Waals surface area (Å²) in [5, 5.41) is 10.4. The van der Waals surface area contributed by atoms with E-state index in [-0.39, 0.29) is 10.8 Å². The molecule has 0 saturated heterocycles. The van der Waals surface area contributed by atoms with E-state index in [2.05, 4.69) is 13.8 Å². The maximum atomic E-state index is 14.2. The van der Waals surface area contributed by atoms with Crippen molar-refractivity contribution in [3.63, 3.8) is 0 Å². The fraction of sp³-hybridized carbons (Fsp3) is 0.947. The number of hydrogen-bond acceptors (Lipinski definition) is 2. The second-order valence-electron chi connectivity index (χ2n) is 9.14. The van der Waals surface area contributed by atoms with Crippen LogP contribution >= 0.6 is 0 Å². The van der Waals surface area contributed by atoms with Gasteiger partial charge in [-0.3, -0.25) is 4.79 Å². The third-order valence-corrected chi connectivity index (χ3v) is 8.42. The molecule has 0 radical (unpaired) electrons. The summed E-state index contributed by atoms with van der Waals surface area (Å²) >= 11 is 0. The van der Waals surface area contributed by atoms with Crippen molar-refractivity contribution in [3.8, 4) is 0 Å². The second-order valence-corrected chi connectivity index (χ2v) is 9.14. The largest absolute Gasteiger partial charge is 0.390 e. The van der Waals surface area contributed by atoms with E-state index in [0.717, 1.165) is 44.9 Å². The van der Waals surface area contributed by atoms with E-state index < -0.39 is 12.3 Å². The summed E-state index contributed by atoms with van der Waals surface area (Å²) in [4.78, 5) is 11.9. The summed E-state index contributed by atoms with van der Waals surface area (Å²) in [6.07, 6.45) is 5.63. The van der Waals surface area contributed by atoms with Gasteiger partial charge in [0.15, 0.2) is 0 Å². The molecule has 8 atom stereocenters. The molecule has 1 N–H and O–H groups in total. The average molecular weight is 308 g/mol. The minimum atomic E-state index is -1.03. The molecule has 4 rings (SSSR count). The predicted molar refractivity (Wildman–Crippen MR) is 83.0 cm³/mol. The standard InChI is InChI=1S/C19H29FO2/c1-18-7-5-12(21)9-11(18)3-4-13-14(18)6-8-19(2)15(13)10-16(20)17(19)22/h11,13-17,22H,3-10H2,1-2H3/t11?,13-,14+,15+,16?,17+,18+,19+/m1/s1. The van der Waals surface area contributed by atoms with Crippen LogP contribution in [0.3, 0.4) is 0 Å². The van der Waals surface area contributed by atoms with Gasteiger partial charge in [0.05, 0.1) is 6.10 Å². The van der Waals surface area contributed by atoms with Crippen molar-refractivity contribution in [3.05, 3.63) is 0 Å². The minimum absolute atomic E-state index is 0.214. The van der Waals surface area contributed by atoms with Gasteiger partial charge in [-0.1, -0.05) is 13.8 Å². The Morgan fingerprint density at radius 1 is 1.09 bits per heavy atom. The third kappa shape index (κ3) is 1.84. The van der Waals surface area contributed by atoms with Gasteiger partial charge in [-0.25, -0.2) is 4.39 Å². The van der Waals surface area contributed by atoms with Crippen molar-refractivity contribution in [2.75, 3.05) is 0 Å². The predicted octanol–water partition coefficient (Wildman–Crippen LogP) is 3.91. The van der Waals surface area contributed by atoms with Crippen LogP contribution in [0.5, 0.6) is 0 Å². The lowest BCUT2D eigenvalue weighted by atomic mass is 9.45. The number of alkyl halides is 1. The highest BCUT2D eigenvalue weighted by Gasteiger charge is 2.62. The molecule has 2 nitrogen and oxygen atoms in total. The molecule has 4 aliphatic carbocycles. The Bertz CT molecular complexity index is 492. The van der Waals surface area contributed by atoms with Crippen molar-refractivity contribution in [1.29, 1.82) is 0 Å². The van der Waals surface area contributed by atoms with Crippen molar-refractivity contribution in [2.24, 2.45) is 34.5 Å². The van der Waals surface area contributed by atoms with E-state index in [1.165, 1.54) is 0 Å². The molecule has 0 aromatic carbocycles. The van der Waals surface area contributed by atoms with E-state index in [1.807, 2.05) is 0 Å². The Morgan fingerprint density at radius 3 is 2.64 bits per heavy atom. The van der Waals surface area contributed by atoms with E-state index in [1.54, 1.807) is 0 Å². The zero-order chi connectivity index (χ0) is 15.7. The number of ketones is 1. The smallest absolute Gasteiger partial charge is 0.133 e. The Labute approximate surface area is 132 Å². The second kappa shape index (κ2) is 4.78. The van der Waals surface area contributed by atoms with Crippen molar-refractivity contribution in [1.82, 2.24) is 0 Å². The molecule has 3 heteroatoms. The SMILES string of the molecule is C[C@]12CC[C@H]3[C@@H](CCC4CC(=O)CC[C@@]43C)[C@@H]1CC(F)[C@@H]2O. The fourth-order valence-corrected chi connectivity index (χ4v) is 6.99. The monoisotopic (exact) mass is 308 g/mol. The molecule has 0 bridgehead atoms. The summed E-state index contributed by atoms with van der Waals surface area (Å²) in [7, 11) is 0. The molecule has 0 aromatic rings. The zero-order valence-corrected chi connectivity index (χ0v) is 13.9. The topological polar surface area (TPSA) is 37.3 Å². The number of hydrogen-bond donors (Lipinski definition) is 1. The molecular formula is C19H29FO2. The maximum Gasteiger partial charge on any atom is 0.133 e. The maximum absolute atomic E-state index is 14.2. The van der Waals surface area contributed by atoms with Crippen LogP contribution in [0, 0.1) is 34.5 Å². The summed E-state index contributed by atoms with van der Waals surface area (Å²) in [6.45, 7) is 4.53. The first-order valence-corrected chi connectivity index (χ1v) is 9.20. The highest BCUT2D eigenvalue weighted by molar-refractivity contribution is 5.79. The highest BCUT2D eigenvalue weighted by atomic mass is 19.1. The third-order valence-electron chi connectivity index (χ3n) is 8.42. The number of carbonyl (C=O) groups is 1. The number of rotatable bonds is 0. The molecule has 4 fully saturated rings. The van der Waals surface area contributed by atoms with Crippen LogP contribution in [0.4, 0.5) is 4.39 Å². The fourth-order valence-electron chi connectivity index (χ4n) is 6.99. The quantitative estimate of drug-likeness (QED) is 0.737. The van der Waals surface area contributed by atoms with Gasteiger partial charge in [-0.15, -0.1) is 0 Å². The van der Waals surface area contributed by atoms with Gasteiger partial charge in [0.2, 0.25) is 0 Å². The van der Waals surface area contributed by atoms with Crippen LogP contribution < -0.4 is 0 Å². The van der Waals surface area contributed by atoms with Crippen molar-refractivity contribution in [2.45, 2.75) is 77.5 Å². The van der Waals surface area contributed by atoms with Crippen LogP contribution in [0.1, 0.15) is 65.2 Å². The van der Waals surface area contributed by atoms with E-state index in [4.69, 9.17) is 0 Å². The lowest BCUT2D eigenvalue weighted by Crippen LogP contribution is -2.54. The minimum Gasteiger partial charge on any atom is -0.390 e. The molecule has 4 saturated carbocycles. The molecular weight excluding hydrogens is 279 g/mol. The first-order chi connectivity index (χ1) is 10.4. The van der Waals surface area contributed by atoms with Crippen LogP contribution in [-0.2, 0) is 4.79 Å². The van der Waals surface area contributed by atoms with Gasteiger partial charge in [0.1, 0.15) is 12.0 Å². The number of aliphatic hydroxyl groups is 1. The lowest BCUT2D eigenvalue weighted by Gasteiger charge is -2.59. The first kappa shape index (κ1) is 15.1. The number of Topliss-reactive ketones (excluding diaryl/α,β-unsaturated/α-hetero) is 1. The van der Waals surface area contributed by atoms with Crippen molar-refractivity contribution < 1.29 is 14.3 Å². The first-order valence-electron chi connectivity index (χ1n) is 9.20. The van der Waals surface area contributed by atoms with Gasteiger partial charge < -0.3 is 5.11 Å². The Hall–Kier alpha value is -0.440. The molecule has 0 heterocycles. The summed E-state index contributed by atoms with van der Waals surface area (Å²) in [5.41, 5.74) is 0.0613. The molecule has 0 spiro atoms. The van der Waals surface area contributed by atoms with Crippen molar-refractivity contribution >= 4 is 5.78 Å². The van der Waals surface area contributed by atoms with E-state index in [9.17, 15) is 14.3 Å².